The van der Waals surface area contributed by atoms with Crippen LogP contribution in [0.25, 0.3) is 0 Å². The molecule has 0 amide bonds. The lowest BCUT2D eigenvalue weighted by atomic mass is 9.43. The minimum Gasteiger partial charge on any atom is -0.387 e. The lowest BCUT2D eigenvalue weighted by Gasteiger charge is -2.62. The SMILES string of the molecule is CCOC[C@@]1(O)CC[C@H]2[C@@H](CC[C@@]3(C)[C@@H]4CC[C@H](C(=O)CN5CCOCC5)[C@@]4(C)CC[C@H]23)C1. The van der Waals surface area contributed by atoms with Crippen molar-refractivity contribution in [1.82, 2.24) is 4.90 Å². The Kier molecular flexibility index (Phi) is 6.74. The Labute approximate surface area is 201 Å². The van der Waals surface area contributed by atoms with Crippen LogP contribution in [-0.2, 0) is 14.3 Å². The maximum Gasteiger partial charge on any atom is 0.150 e. The molecule has 0 aromatic heterocycles. The first-order valence-electron chi connectivity index (χ1n) is 13.9. The van der Waals surface area contributed by atoms with Gasteiger partial charge in [-0.2, -0.15) is 0 Å². The number of ether oxygens (including phenoxy) is 2. The third kappa shape index (κ3) is 4.23. The van der Waals surface area contributed by atoms with E-state index in [4.69, 9.17) is 9.47 Å². The molecule has 1 aliphatic heterocycles. The molecule has 1 saturated heterocycles. The second-order valence-electron chi connectivity index (χ2n) is 12.8. The number of Topliss-reactive ketones (excluding diaryl/α,β-unsaturated/α-hetero) is 1. The van der Waals surface area contributed by atoms with E-state index >= 15 is 0 Å². The fourth-order valence-electron chi connectivity index (χ4n) is 9.58. The van der Waals surface area contributed by atoms with Gasteiger partial charge in [0.1, 0.15) is 5.78 Å². The maximum absolute atomic E-state index is 13.5. The first-order valence-corrected chi connectivity index (χ1v) is 13.9. The van der Waals surface area contributed by atoms with Crippen molar-refractivity contribution in [2.24, 2.45) is 40.4 Å². The number of rotatable bonds is 6. The van der Waals surface area contributed by atoms with E-state index in [1.165, 1.54) is 32.1 Å². The monoisotopic (exact) mass is 461 g/mol. The van der Waals surface area contributed by atoms with Crippen LogP contribution in [0.4, 0.5) is 0 Å². The van der Waals surface area contributed by atoms with Crippen molar-refractivity contribution in [1.29, 1.82) is 0 Å². The molecule has 8 atom stereocenters. The van der Waals surface area contributed by atoms with E-state index in [1.54, 1.807) is 0 Å². The molecule has 0 aromatic carbocycles. The predicted molar refractivity (Wildman–Crippen MR) is 129 cm³/mol. The number of hydrogen-bond acceptors (Lipinski definition) is 5. The molecular weight excluding hydrogens is 414 g/mol. The summed E-state index contributed by atoms with van der Waals surface area (Å²) in [7, 11) is 0. The van der Waals surface area contributed by atoms with Crippen LogP contribution < -0.4 is 0 Å². The first kappa shape index (κ1) is 24.2. The van der Waals surface area contributed by atoms with Crippen LogP contribution in [0, 0.1) is 40.4 Å². The van der Waals surface area contributed by atoms with Gasteiger partial charge in [-0.05, 0) is 99.2 Å². The highest BCUT2D eigenvalue weighted by molar-refractivity contribution is 5.84. The lowest BCUT2D eigenvalue weighted by Crippen LogP contribution is -2.57. The predicted octanol–water partition coefficient (Wildman–Crippen LogP) is 4.31. The first-order chi connectivity index (χ1) is 15.8. The Balaban J connectivity index is 1.28. The molecule has 0 radical (unpaired) electrons. The van der Waals surface area contributed by atoms with Crippen molar-refractivity contribution in [2.45, 2.75) is 84.2 Å². The van der Waals surface area contributed by atoms with Gasteiger partial charge in [-0.25, -0.2) is 0 Å². The Hall–Kier alpha value is -0.490. The molecule has 5 rings (SSSR count). The molecule has 0 spiro atoms. The van der Waals surface area contributed by atoms with Crippen molar-refractivity contribution in [3.63, 3.8) is 0 Å². The van der Waals surface area contributed by atoms with Gasteiger partial charge in [-0.15, -0.1) is 0 Å². The molecule has 5 fully saturated rings. The van der Waals surface area contributed by atoms with Gasteiger partial charge in [0.15, 0.2) is 0 Å². The maximum atomic E-state index is 13.5. The van der Waals surface area contributed by atoms with Gasteiger partial charge in [-0.1, -0.05) is 13.8 Å². The molecule has 0 aromatic rings. The Bertz CT molecular complexity index is 723. The fraction of sp³-hybridized carbons (Fsp3) is 0.964. The van der Waals surface area contributed by atoms with Gasteiger partial charge >= 0.3 is 0 Å². The zero-order chi connectivity index (χ0) is 23.3. The van der Waals surface area contributed by atoms with Crippen molar-refractivity contribution < 1.29 is 19.4 Å². The van der Waals surface area contributed by atoms with E-state index in [0.717, 1.165) is 63.8 Å². The largest absolute Gasteiger partial charge is 0.387 e. The van der Waals surface area contributed by atoms with Gasteiger partial charge in [0.05, 0.1) is 32.0 Å². The highest BCUT2D eigenvalue weighted by Crippen LogP contribution is 2.69. The number of morpholine rings is 1. The smallest absolute Gasteiger partial charge is 0.150 e. The fourth-order valence-corrected chi connectivity index (χ4v) is 9.58. The summed E-state index contributed by atoms with van der Waals surface area (Å²) in [5.41, 5.74) is -0.0815. The molecule has 0 unspecified atom stereocenters. The number of carbonyl (C=O) groups is 1. The zero-order valence-electron chi connectivity index (χ0n) is 21.3. The van der Waals surface area contributed by atoms with Crippen LogP contribution in [0.2, 0.25) is 0 Å². The normalized spacial score (nSPS) is 48.1. The topological polar surface area (TPSA) is 59.0 Å². The quantitative estimate of drug-likeness (QED) is 0.639. The molecule has 188 valence electrons. The summed E-state index contributed by atoms with van der Waals surface area (Å²) in [4.78, 5) is 15.8. The standard InChI is InChI=1S/C28H47NO4/c1-4-32-19-28(31)12-8-21-20(17-28)7-10-26(2)22(21)9-11-27(3)23(5-6-25(26)27)24(30)18-29-13-15-33-16-14-29/h20-23,25,31H,4-19H2,1-3H3/t20-,21-,22+,23+,25-,26+,27+,28+/m0/s1. The number of aliphatic hydroxyl groups is 1. The van der Waals surface area contributed by atoms with Crippen LogP contribution in [-0.4, -0.2) is 67.5 Å². The van der Waals surface area contributed by atoms with E-state index in [0.29, 0.717) is 42.8 Å². The minimum atomic E-state index is -0.613. The van der Waals surface area contributed by atoms with E-state index in [1.807, 2.05) is 6.92 Å². The summed E-state index contributed by atoms with van der Waals surface area (Å²) >= 11 is 0. The molecule has 5 nitrogen and oxygen atoms in total. The Morgan fingerprint density at radius 3 is 2.55 bits per heavy atom. The third-order valence-electron chi connectivity index (χ3n) is 11.2. The number of nitrogens with zero attached hydrogens (tertiary/aromatic N) is 1. The van der Waals surface area contributed by atoms with Crippen LogP contribution >= 0.6 is 0 Å². The van der Waals surface area contributed by atoms with Gasteiger partial charge in [-0.3, -0.25) is 9.69 Å². The molecular formula is C28H47NO4. The van der Waals surface area contributed by atoms with E-state index in [2.05, 4.69) is 18.7 Å². The molecule has 5 aliphatic rings. The number of carbonyl (C=O) groups excluding carboxylic acids is 1. The molecule has 0 bridgehead atoms. The van der Waals surface area contributed by atoms with E-state index < -0.39 is 5.60 Å². The highest BCUT2D eigenvalue weighted by Gasteiger charge is 2.63. The second-order valence-corrected chi connectivity index (χ2v) is 12.8. The summed E-state index contributed by atoms with van der Waals surface area (Å²) in [6.45, 7) is 12.2. The molecule has 1 N–H and O–H groups in total. The van der Waals surface area contributed by atoms with Crippen molar-refractivity contribution in [3.8, 4) is 0 Å². The van der Waals surface area contributed by atoms with Crippen LogP contribution in [0.3, 0.4) is 0 Å². The lowest BCUT2D eigenvalue weighted by molar-refractivity contribution is -0.161. The minimum absolute atomic E-state index is 0.172. The van der Waals surface area contributed by atoms with Crippen molar-refractivity contribution >= 4 is 5.78 Å². The summed E-state index contributed by atoms with van der Waals surface area (Å²) < 4.78 is 11.1. The third-order valence-corrected chi connectivity index (χ3v) is 11.2. The average molecular weight is 462 g/mol. The van der Waals surface area contributed by atoms with Crippen molar-refractivity contribution in [3.05, 3.63) is 0 Å². The number of fused-ring (bicyclic) bond motifs is 5. The summed E-state index contributed by atoms with van der Waals surface area (Å²) in [6, 6.07) is 0. The van der Waals surface area contributed by atoms with Crippen molar-refractivity contribution in [2.75, 3.05) is 46.1 Å². The summed E-state index contributed by atoms with van der Waals surface area (Å²) in [5, 5.41) is 11.1. The highest BCUT2D eigenvalue weighted by atomic mass is 16.5. The molecule has 33 heavy (non-hydrogen) atoms. The molecule has 5 heteroatoms. The molecule has 4 saturated carbocycles. The van der Waals surface area contributed by atoms with E-state index in [9.17, 15) is 9.90 Å². The Morgan fingerprint density at radius 1 is 1.03 bits per heavy atom. The second kappa shape index (κ2) is 9.19. The average Bonchev–Trinajstić information content (AvgIpc) is 3.17. The zero-order valence-corrected chi connectivity index (χ0v) is 21.3. The summed E-state index contributed by atoms with van der Waals surface area (Å²) in [6.07, 6.45) is 10.3. The van der Waals surface area contributed by atoms with Crippen LogP contribution in [0.5, 0.6) is 0 Å². The summed E-state index contributed by atoms with van der Waals surface area (Å²) in [5.74, 6) is 3.57. The molecule has 4 aliphatic carbocycles. The van der Waals surface area contributed by atoms with Gasteiger partial charge < -0.3 is 14.6 Å². The van der Waals surface area contributed by atoms with Gasteiger partial charge in [0.2, 0.25) is 0 Å². The van der Waals surface area contributed by atoms with E-state index in [-0.39, 0.29) is 11.3 Å². The van der Waals surface area contributed by atoms with Gasteiger partial charge in [0, 0.05) is 25.6 Å². The molecule has 1 heterocycles. The Morgan fingerprint density at radius 2 is 1.79 bits per heavy atom. The van der Waals surface area contributed by atoms with Gasteiger partial charge in [0.25, 0.3) is 0 Å². The number of hydrogen-bond donors (Lipinski definition) is 1. The number of ketones is 1. The van der Waals surface area contributed by atoms with Crippen LogP contribution in [0.15, 0.2) is 0 Å². The van der Waals surface area contributed by atoms with Crippen LogP contribution in [0.1, 0.15) is 78.6 Å².